The van der Waals surface area contributed by atoms with Gasteiger partial charge < -0.3 is 11.1 Å². The van der Waals surface area contributed by atoms with Crippen molar-refractivity contribution in [3.8, 4) is 6.07 Å². The van der Waals surface area contributed by atoms with Crippen molar-refractivity contribution in [1.82, 2.24) is 10.2 Å². The third-order valence-corrected chi connectivity index (χ3v) is 2.81. The Kier molecular flexibility index (Phi) is 5.83. The summed E-state index contributed by atoms with van der Waals surface area (Å²) in [5.74, 6) is -0.134. The van der Waals surface area contributed by atoms with Gasteiger partial charge in [-0.3, -0.25) is 9.69 Å². The number of hydrogen-bond acceptors (Lipinski definition) is 4. The lowest BCUT2D eigenvalue weighted by atomic mass is 10.1. The van der Waals surface area contributed by atoms with E-state index in [2.05, 4.69) is 5.32 Å². The van der Waals surface area contributed by atoms with Crippen molar-refractivity contribution >= 4 is 11.6 Å². The van der Waals surface area contributed by atoms with Gasteiger partial charge in [-0.05, 0) is 31.5 Å². The van der Waals surface area contributed by atoms with Crippen LogP contribution in [0.2, 0.25) is 0 Å². The Morgan fingerprint density at radius 3 is 2.58 bits per heavy atom. The molecule has 1 aromatic carbocycles. The second kappa shape index (κ2) is 7.39. The highest BCUT2D eigenvalue weighted by atomic mass is 16.2. The smallest absolute Gasteiger partial charge is 0.235 e. The van der Waals surface area contributed by atoms with Gasteiger partial charge in [-0.1, -0.05) is 12.1 Å². The van der Waals surface area contributed by atoms with Gasteiger partial charge in [0.05, 0.1) is 12.6 Å². The Morgan fingerprint density at radius 2 is 2.05 bits per heavy atom. The molecule has 0 fully saturated rings. The fourth-order valence-corrected chi connectivity index (χ4v) is 1.66. The lowest BCUT2D eigenvalue weighted by molar-refractivity contribution is -0.122. The second-order valence-corrected chi connectivity index (χ2v) is 4.68. The largest absolute Gasteiger partial charge is 0.399 e. The SMILES string of the molecule is CC(C)N(CC(=O)NCC#N)Cc1ccc(N)cc1. The highest BCUT2D eigenvalue weighted by Crippen LogP contribution is 2.10. The molecule has 0 aliphatic heterocycles. The summed E-state index contributed by atoms with van der Waals surface area (Å²) >= 11 is 0. The standard InChI is InChI=1S/C14H20N4O/c1-11(2)18(10-14(19)17-8-7-15)9-12-3-5-13(16)6-4-12/h3-6,11H,8-10,16H2,1-2H3,(H,17,19). The molecule has 1 amide bonds. The Labute approximate surface area is 114 Å². The van der Waals surface area contributed by atoms with Crippen LogP contribution in [0, 0.1) is 11.3 Å². The quantitative estimate of drug-likeness (QED) is 0.593. The van der Waals surface area contributed by atoms with Crippen LogP contribution in [0.15, 0.2) is 24.3 Å². The summed E-state index contributed by atoms with van der Waals surface area (Å²) in [5, 5.41) is 11.0. The zero-order valence-electron chi connectivity index (χ0n) is 11.4. The molecule has 1 rings (SSSR count). The van der Waals surface area contributed by atoms with E-state index in [1.807, 2.05) is 49.1 Å². The molecule has 0 unspecified atom stereocenters. The molecule has 0 saturated heterocycles. The molecule has 0 radical (unpaired) electrons. The van der Waals surface area contributed by atoms with Gasteiger partial charge in [0.2, 0.25) is 5.91 Å². The number of amides is 1. The van der Waals surface area contributed by atoms with Crippen LogP contribution in [-0.4, -0.2) is 29.9 Å². The summed E-state index contributed by atoms with van der Waals surface area (Å²) in [5.41, 5.74) is 7.48. The Balaban J connectivity index is 2.60. The maximum Gasteiger partial charge on any atom is 0.235 e. The summed E-state index contributed by atoms with van der Waals surface area (Å²) in [4.78, 5) is 13.7. The molecule has 0 bridgehead atoms. The van der Waals surface area contributed by atoms with E-state index >= 15 is 0 Å². The van der Waals surface area contributed by atoms with Crippen LogP contribution < -0.4 is 11.1 Å². The van der Waals surface area contributed by atoms with E-state index in [0.717, 1.165) is 11.3 Å². The number of carbonyl (C=O) groups excluding carboxylic acids is 1. The third kappa shape index (κ3) is 5.40. The van der Waals surface area contributed by atoms with E-state index < -0.39 is 0 Å². The molecule has 3 N–H and O–H groups in total. The Bertz CT molecular complexity index is 448. The number of carbonyl (C=O) groups is 1. The number of nitrogens with one attached hydrogen (secondary N) is 1. The van der Waals surface area contributed by atoms with E-state index in [-0.39, 0.29) is 25.0 Å². The first-order valence-electron chi connectivity index (χ1n) is 6.25. The first kappa shape index (κ1) is 15.0. The Hall–Kier alpha value is -2.06. The van der Waals surface area contributed by atoms with Gasteiger partial charge in [-0.25, -0.2) is 0 Å². The number of nitrogens with zero attached hydrogens (tertiary/aromatic N) is 2. The molecule has 0 aliphatic rings. The Morgan fingerprint density at radius 1 is 1.42 bits per heavy atom. The molecule has 0 heterocycles. The molecular weight excluding hydrogens is 240 g/mol. The predicted octanol–water partition coefficient (Wildman–Crippen LogP) is 1.12. The minimum Gasteiger partial charge on any atom is -0.399 e. The monoisotopic (exact) mass is 260 g/mol. The van der Waals surface area contributed by atoms with Gasteiger partial charge >= 0.3 is 0 Å². The minimum absolute atomic E-state index is 0.0483. The molecule has 0 aromatic heterocycles. The van der Waals surface area contributed by atoms with Gasteiger partial charge in [0, 0.05) is 18.3 Å². The molecule has 19 heavy (non-hydrogen) atoms. The maximum absolute atomic E-state index is 11.6. The van der Waals surface area contributed by atoms with Gasteiger partial charge in [0.25, 0.3) is 0 Å². The zero-order chi connectivity index (χ0) is 14.3. The van der Waals surface area contributed by atoms with Gasteiger partial charge in [-0.2, -0.15) is 5.26 Å². The molecule has 5 nitrogen and oxygen atoms in total. The molecule has 0 spiro atoms. The third-order valence-electron chi connectivity index (χ3n) is 2.81. The molecule has 0 aliphatic carbocycles. The highest BCUT2D eigenvalue weighted by molar-refractivity contribution is 5.78. The molecule has 0 atom stereocenters. The number of rotatable bonds is 6. The van der Waals surface area contributed by atoms with Gasteiger partial charge in [0.15, 0.2) is 0 Å². The van der Waals surface area contributed by atoms with Crippen molar-refractivity contribution in [2.24, 2.45) is 0 Å². The molecule has 0 saturated carbocycles. The van der Waals surface area contributed by atoms with Crippen molar-refractivity contribution in [3.05, 3.63) is 29.8 Å². The van der Waals surface area contributed by atoms with E-state index in [1.165, 1.54) is 0 Å². The van der Waals surface area contributed by atoms with E-state index in [1.54, 1.807) is 0 Å². The number of nitriles is 1. The van der Waals surface area contributed by atoms with Crippen LogP contribution in [0.4, 0.5) is 5.69 Å². The first-order valence-corrected chi connectivity index (χ1v) is 6.25. The summed E-state index contributed by atoms with van der Waals surface area (Å²) in [6, 6.07) is 9.75. The van der Waals surface area contributed by atoms with Gasteiger partial charge in [-0.15, -0.1) is 0 Å². The average Bonchev–Trinajstić information content (AvgIpc) is 2.38. The van der Waals surface area contributed by atoms with Crippen molar-refractivity contribution in [2.75, 3.05) is 18.8 Å². The van der Waals surface area contributed by atoms with Crippen molar-refractivity contribution in [1.29, 1.82) is 5.26 Å². The predicted molar refractivity (Wildman–Crippen MR) is 75.0 cm³/mol. The zero-order valence-corrected chi connectivity index (χ0v) is 11.4. The van der Waals surface area contributed by atoms with Crippen LogP contribution in [0.5, 0.6) is 0 Å². The summed E-state index contributed by atoms with van der Waals surface area (Å²) in [6.45, 7) is 5.08. The number of anilines is 1. The molecule has 5 heteroatoms. The fourth-order valence-electron chi connectivity index (χ4n) is 1.66. The van der Waals surface area contributed by atoms with E-state index in [4.69, 9.17) is 11.0 Å². The van der Waals surface area contributed by atoms with Crippen molar-refractivity contribution < 1.29 is 4.79 Å². The number of benzene rings is 1. The van der Waals surface area contributed by atoms with Crippen molar-refractivity contribution in [2.45, 2.75) is 26.4 Å². The van der Waals surface area contributed by atoms with Crippen LogP contribution in [0.1, 0.15) is 19.4 Å². The minimum atomic E-state index is -0.134. The molecular formula is C14H20N4O. The number of hydrogen-bond donors (Lipinski definition) is 2. The lowest BCUT2D eigenvalue weighted by Gasteiger charge is -2.25. The number of nitrogens with two attached hydrogens (primary N) is 1. The van der Waals surface area contributed by atoms with Crippen molar-refractivity contribution in [3.63, 3.8) is 0 Å². The highest BCUT2D eigenvalue weighted by Gasteiger charge is 2.14. The molecule has 1 aromatic rings. The van der Waals surface area contributed by atoms with E-state index in [9.17, 15) is 4.79 Å². The van der Waals surface area contributed by atoms with Crippen LogP contribution in [0.3, 0.4) is 0 Å². The number of nitrogen functional groups attached to an aromatic ring is 1. The summed E-state index contributed by atoms with van der Waals surface area (Å²) in [7, 11) is 0. The summed E-state index contributed by atoms with van der Waals surface area (Å²) in [6.07, 6.45) is 0. The summed E-state index contributed by atoms with van der Waals surface area (Å²) < 4.78 is 0. The van der Waals surface area contributed by atoms with Crippen LogP contribution in [0.25, 0.3) is 0 Å². The average molecular weight is 260 g/mol. The maximum atomic E-state index is 11.6. The lowest BCUT2D eigenvalue weighted by Crippen LogP contribution is -2.40. The normalized spacial score (nSPS) is 10.5. The molecule has 102 valence electrons. The van der Waals surface area contributed by atoms with Crippen LogP contribution in [-0.2, 0) is 11.3 Å². The van der Waals surface area contributed by atoms with Gasteiger partial charge in [0.1, 0.15) is 6.54 Å². The fraction of sp³-hybridized carbons (Fsp3) is 0.429. The van der Waals surface area contributed by atoms with E-state index in [0.29, 0.717) is 6.54 Å². The van der Waals surface area contributed by atoms with Crippen LogP contribution >= 0.6 is 0 Å². The first-order chi connectivity index (χ1) is 9.02. The topological polar surface area (TPSA) is 82.2 Å². The second-order valence-electron chi connectivity index (χ2n) is 4.68.